The molecule has 1 saturated heterocycles. The molecule has 0 spiro atoms. The highest BCUT2D eigenvalue weighted by Crippen LogP contribution is 2.21. The van der Waals surface area contributed by atoms with Crippen molar-refractivity contribution in [2.24, 2.45) is 0 Å². The lowest BCUT2D eigenvalue weighted by atomic mass is 10.1. The van der Waals surface area contributed by atoms with Crippen molar-refractivity contribution in [3.05, 3.63) is 28.5 Å². The summed E-state index contributed by atoms with van der Waals surface area (Å²) in [6.07, 6.45) is 10.3. The van der Waals surface area contributed by atoms with Gasteiger partial charge in [0.05, 0.1) is 6.04 Å². The molecule has 0 aromatic carbocycles. The molecule has 1 aromatic rings. The molecule has 2 heterocycles. The van der Waals surface area contributed by atoms with E-state index < -0.39 is 0 Å². The predicted molar refractivity (Wildman–Crippen MR) is 95.2 cm³/mol. The first kappa shape index (κ1) is 17.7. The summed E-state index contributed by atoms with van der Waals surface area (Å²) >= 11 is 1.71. The number of hydrogen-bond donors (Lipinski definition) is 1. The standard InChI is InChI=1S/C18H26N2O2S/c1-19-17(21)9-5-10-18(22)20-13-4-2-3-7-15(20)11-12-16-8-6-14-23-16/h6,8,11-12,14-15H,2-5,7,9-10,13H2,1H3,(H,19,21). The number of rotatable bonds is 6. The molecule has 0 saturated carbocycles. The zero-order valence-electron chi connectivity index (χ0n) is 13.8. The first-order chi connectivity index (χ1) is 11.2. The van der Waals surface area contributed by atoms with Crippen LogP contribution in [0.15, 0.2) is 23.6 Å². The summed E-state index contributed by atoms with van der Waals surface area (Å²) in [5.41, 5.74) is 0. The minimum Gasteiger partial charge on any atom is -0.359 e. The summed E-state index contributed by atoms with van der Waals surface area (Å²) in [7, 11) is 1.63. The zero-order chi connectivity index (χ0) is 16.5. The molecule has 1 atom stereocenters. The van der Waals surface area contributed by atoms with Crippen LogP contribution in [0.5, 0.6) is 0 Å². The summed E-state index contributed by atoms with van der Waals surface area (Å²) in [6, 6.07) is 4.32. The van der Waals surface area contributed by atoms with E-state index >= 15 is 0 Å². The minimum absolute atomic E-state index is 0.00260. The van der Waals surface area contributed by atoms with Crippen LogP contribution < -0.4 is 5.32 Å². The molecule has 2 amide bonds. The smallest absolute Gasteiger partial charge is 0.223 e. The van der Waals surface area contributed by atoms with Crippen molar-refractivity contribution < 1.29 is 9.59 Å². The Morgan fingerprint density at radius 2 is 2.22 bits per heavy atom. The van der Waals surface area contributed by atoms with E-state index in [0.29, 0.717) is 19.3 Å². The number of carbonyl (C=O) groups excluding carboxylic acids is 2. The molecule has 5 heteroatoms. The number of carbonyl (C=O) groups is 2. The fourth-order valence-corrected chi connectivity index (χ4v) is 3.53. The molecule has 0 bridgehead atoms. The monoisotopic (exact) mass is 334 g/mol. The SMILES string of the molecule is CNC(=O)CCCC(=O)N1CCCCCC1C=Cc1cccs1. The Bertz CT molecular complexity index is 525. The Morgan fingerprint density at radius 3 is 2.96 bits per heavy atom. The molecule has 1 aliphatic heterocycles. The van der Waals surface area contributed by atoms with Crippen molar-refractivity contribution in [1.82, 2.24) is 10.2 Å². The summed E-state index contributed by atoms with van der Waals surface area (Å²) < 4.78 is 0. The molecule has 4 nitrogen and oxygen atoms in total. The van der Waals surface area contributed by atoms with E-state index in [0.717, 1.165) is 19.4 Å². The van der Waals surface area contributed by atoms with E-state index in [4.69, 9.17) is 0 Å². The third kappa shape index (κ3) is 5.82. The van der Waals surface area contributed by atoms with Gasteiger partial charge < -0.3 is 10.2 Å². The predicted octanol–water partition coefficient (Wildman–Crippen LogP) is 3.45. The lowest BCUT2D eigenvalue weighted by Crippen LogP contribution is -2.38. The van der Waals surface area contributed by atoms with E-state index in [1.807, 2.05) is 11.0 Å². The molecular weight excluding hydrogens is 308 g/mol. The summed E-state index contributed by atoms with van der Waals surface area (Å²) in [6.45, 7) is 0.832. The van der Waals surface area contributed by atoms with Gasteiger partial charge in [0.15, 0.2) is 0 Å². The third-order valence-electron chi connectivity index (χ3n) is 4.22. The Kier molecular flexibility index (Phi) is 7.33. The van der Waals surface area contributed by atoms with Gasteiger partial charge in [-0.05, 0) is 36.8 Å². The zero-order valence-corrected chi connectivity index (χ0v) is 14.6. The topological polar surface area (TPSA) is 49.4 Å². The third-order valence-corrected chi connectivity index (χ3v) is 5.06. The molecule has 1 fully saturated rings. The van der Waals surface area contributed by atoms with Crippen LogP contribution in [0.25, 0.3) is 6.08 Å². The number of likely N-dealkylation sites (tertiary alicyclic amines) is 1. The fraction of sp³-hybridized carbons (Fsp3) is 0.556. The molecule has 1 aromatic heterocycles. The van der Waals surface area contributed by atoms with Gasteiger partial charge in [-0.15, -0.1) is 11.3 Å². The molecule has 0 aliphatic carbocycles. The van der Waals surface area contributed by atoms with Crippen LogP contribution in [0.3, 0.4) is 0 Å². The molecule has 23 heavy (non-hydrogen) atoms. The lowest BCUT2D eigenvalue weighted by molar-refractivity contribution is -0.132. The van der Waals surface area contributed by atoms with Crippen molar-refractivity contribution in [3.63, 3.8) is 0 Å². The molecule has 1 N–H and O–H groups in total. The van der Waals surface area contributed by atoms with Crippen LogP contribution in [0.4, 0.5) is 0 Å². The van der Waals surface area contributed by atoms with Gasteiger partial charge in [-0.1, -0.05) is 25.0 Å². The van der Waals surface area contributed by atoms with Gasteiger partial charge in [-0.3, -0.25) is 9.59 Å². The molecule has 1 aliphatic rings. The number of hydrogen-bond acceptors (Lipinski definition) is 3. The van der Waals surface area contributed by atoms with Crippen LogP contribution in [-0.2, 0) is 9.59 Å². The largest absolute Gasteiger partial charge is 0.359 e. The van der Waals surface area contributed by atoms with Gasteiger partial charge >= 0.3 is 0 Å². The summed E-state index contributed by atoms with van der Waals surface area (Å²) in [4.78, 5) is 27.1. The number of nitrogens with one attached hydrogen (secondary N) is 1. The summed E-state index contributed by atoms with van der Waals surface area (Å²) in [5, 5.41) is 4.66. The highest BCUT2D eigenvalue weighted by Gasteiger charge is 2.23. The number of amides is 2. The van der Waals surface area contributed by atoms with E-state index in [2.05, 4.69) is 28.9 Å². The van der Waals surface area contributed by atoms with Crippen molar-refractivity contribution in [3.8, 4) is 0 Å². The second-order valence-corrected chi connectivity index (χ2v) is 6.88. The normalized spacial score (nSPS) is 18.8. The van der Waals surface area contributed by atoms with E-state index in [-0.39, 0.29) is 17.9 Å². The lowest BCUT2D eigenvalue weighted by Gasteiger charge is -2.28. The van der Waals surface area contributed by atoms with E-state index in [1.54, 1.807) is 18.4 Å². The van der Waals surface area contributed by atoms with Gasteiger partial charge in [0.25, 0.3) is 0 Å². The first-order valence-corrected chi connectivity index (χ1v) is 9.30. The van der Waals surface area contributed by atoms with Gasteiger partial charge in [0, 0.05) is 31.3 Å². The van der Waals surface area contributed by atoms with Crippen LogP contribution >= 0.6 is 11.3 Å². The number of thiophene rings is 1. The summed E-state index contributed by atoms with van der Waals surface area (Å²) in [5.74, 6) is 0.180. The van der Waals surface area contributed by atoms with Gasteiger partial charge in [0.1, 0.15) is 0 Å². The maximum Gasteiger partial charge on any atom is 0.223 e. The van der Waals surface area contributed by atoms with Gasteiger partial charge in [0.2, 0.25) is 11.8 Å². The molecule has 1 unspecified atom stereocenters. The second kappa shape index (κ2) is 9.50. The first-order valence-electron chi connectivity index (χ1n) is 8.42. The van der Waals surface area contributed by atoms with Gasteiger partial charge in [-0.25, -0.2) is 0 Å². The Labute approximate surface area is 142 Å². The average Bonchev–Trinajstić information content (AvgIpc) is 2.96. The highest BCUT2D eigenvalue weighted by molar-refractivity contribution is 7.10. The van der Waals surface area contributed by atoms with Crippen molar-refractivity contribution >= 4 is 29.2 Å². The quantitative estimate of drug-likeness (QED) is 0.866. The van der Waals surface area contributed by atoms with Crippen LogP contribution in [0.2, 0.25) is 0 Å². The molecule has 2 rings (SSSR count). The fourth-order valence-electron chi connectivity index (χ4n) is 2.90. The molecule has 0 radical (unpaired) electrons. The number of nitrogens with zero attached hydrogens (tertiary/aromatic N) is 1. The average molecular weight is 334 g/mol. The maximum absolute atomic E-state index is 12.6. The Hall–Kier alpha value is -1.62. The second-order valence-electron chi connectivity index (χ2n) is 5.91. The van der Waals surface area contributed by atoms with E-state index in [9.17, 15) is 9.59 Å². The maximum atomic E-state index is 12.6. The van der Waals surface area contributed by atoms with Crippen LogP contribution in [0, 0.1) is 0 Å². The van der Waals surface area contributed by atoms with Crippen molar-refractivity contribution in [2.75, 3.05) is 13.6 Å². The van der Waals surface area contributed by atoms with E-state index in [1.165, 1.54) is 17.7 Å². The van der Waals surface area contributed by atoms with Crippen LogP contribution in [-0.4, -0.2) is 36.3 Å². The highest BCUT2D eigenvalue weighted by atomic mass is 32.1. The van der Waals surface area contributed by atoms with Crippen LogP contribution in [0.1, 0.15) is 49.8 Å². The Balaban J connectivity index is 1.94. The van der Waals surface area contributed by atoms with Crippen molar-refractivity contribution in [1.29, 1.82) is 0 Å². The van der Waals surface area contributed by atoms with Gasteiger partial charge in [-0.2, -0.15) is 0 Å². The molecular formula is C18H26N2O2S. The Morgan fingerprint density at radius 1 is 1.35 bits per heavy atom. The minimum atomic E-state index is 0.00260. The molecule has 126 valence electrons. The van der Waals surface area contributed by atoms with Crippen molar-refractivity contribution in [2.45, 2.75) is 51.0 Å².